The van der Waals surface area contributed by atoms with Gasteiger partial charge in [0.15, 0.2) is 0 Å². The van der Waals surface area contributed by atoms with Crippen molar-refractivity contribution in [1.82, 2.24) is 5.32 Å². The summed E-state index contributed by atoms with van der Waals surface area (Å²) >= 11 is 0. The fraction of sp³-hybridized carbons (Fsp3) is 0.632. The minimum atomic E-state index is -0.446. The third kappa shape index (κ3) is 4.56. The van der Waals surface area contributed by atoms with E-state index in [1.165, 1.54) is 5.56 Å². The lowest BCUT2D eigenvalue weighted by molar-refractivity contribution is 0.0492. The van der Waals surface area contributed by atoms with Gasteiger partial charge in [0.25, 0.3) is 0 Å². The molecule has 3 rings (SSSR count). The number of benzene rings is 1. The molecule has 0 unspecified atom stereocenters. The molecule has 0 bridgehead atoms. The van der Waals surface area contributed by atoms with Gasteiger partial charge in [0.05, 0.1) is 6.61 Å². The highest BCUT2D eigenvalue weighted by Crippen LogP contribution is 2.30. The maximum atomic E-state index is 11.8. The smallest absolute Gasteiger partial charge is 0.407 e. The van der Waals surface area contributed by atoms with Gasteiger partial charge in [-0.05, 0) is 58.1 Å². The van der Waals surface area contributed by atoms with E-state index < -0.39 is 5.60 Å². The predicted octanol–water partition coefficient (Wildman–Crippen LogP) is 3.87. The van der Waals surface area contributed by atoms with Gasteiger partial charge in [-0.15, -0.1) is 0 Å². The normalized spacial score (nSPS) is 23.1. The zero-order valence-corrected chi connectivity index (χ0v) is 14.9. The molecule has 2 aliphatic rings. The Morgan fingerprint density at radius 2 is 1.88 bits per heavy atom. The van der Waals surface area contributed by atoms with Crippen molar-refractivity contribution in [2.75, 3.05) is 11.9 Å². The number of alkyl carbamates (subject to hydrolysis) is 1. The number of hydrogen-bond donors (Lipinski definition) is 2. The third-order valence-corrected chi connectivity index (χ3v) is 4.51. The van der Waals surface area contributed by atoms with E-state index >= 15 is 0 Å². The summed E-state index contributed by atoms with van der Waals surface area (Å²) in [5, 5.41) is 6.58. The summed E-state index contributed by atoms with van der Waals surface area (Å²) in [6.07, 6.45) is 4.72. The maximum Gasteiger partial charge on any atom is 0.407 e. The fourth-order valence-corrected chi connectivity index (χ4v) is 3.35. The number of rotatable bonds is 3. The highest BCUT2D eigenvalue weighted by Gasteiger charge is 2.25. The number of amides is 1. The minimum absolute atomic E-state index is 0.209. The molecule has 0 radical (unpaired) electrons. The van der Waals surface area contributed by atoms with E-state index in [-0.39, 0.29) is 12.1 Å². The summed E-state index contributed by atoms with van der Waals surface area (Å²) in [6.45, 7) is 6.44. The van der Waals surface area contributed by atoms with E-state index in [0.29, 0.717) is 6.04 Å². The molecular formula is C19H28N2O3. The molecule has 1 heterocycles. The second-order valence-corrected chi connectivity index (χ2v) is 7.76. The van der Waals surface area contributed by atoms with Crippen LogP contribution in [0.25, 0.3) is 0 Å². The van der Waals surface area contributed by atoms with Crippen LogP contribution in [0.1, 0.15) is 52.0 Å². The average Bonchev–Trinajstić information content (AvgIpc) is 2.95. The van der Waals surface area contributed by atoms with Crippen molar-refractivity contribution in [3.05, 3.63) is 23.8 Å². The second-order valence-electron chi connectivity index (χ2n) is 7.76. The van der Waals surface area contributed by atoms with Gasteiger partial charge < -0.3 is 20.1 Å². The van der Waals surface area contributed by atoms with E-state index in [0.717, 1.165) is 50.1 Å². The first-order valence-electron chi connectivity index (χ1n) is 8.91. The number of nitrogens with one attached hydrogen (secondary N) is 2. The summed E-state index contributed by atoms with van der Waals surface area (Å²) in [4.78, 5) is 11.8. The number of fused-ring (bicyclic) bond motifs is 1. The molecule has 0 spiro atoms. The van der Waals surface area contributed by atoms with Crippen molar-refractivity contribution in [3.63, 3.8) is 0 Å². The lowest BCUT2D eigenvalue weighted by Gasteiger charge is -2.31. The Morgan fingerprint density at radius 1 is 1.17 bits per heavy atom. The van der Waals surface area contributed by atoms with Crippen LogP contribution in [0.15, 0.2) is 18.2 Å². The molecule has 1 fully saturated rings. The Bertz CT molecular complexity index is 587. The summed E-state index contributed by atoms with van der Waals surface area (Å²) in [7, 11) is 0. The van der Waals surface area contributed by atoms with Crippen LogP contribution in [0, 0.1) is 0 Å². The van der Waals surface area contributed by atoms with Crippen LogP contribution in [0.5, 0.6) is 5.75 Å². The monoisotopic (exact) mass is 332 g/mol. The van der Waals surface area contributed by atoms with E-state index in [2.05, 4.69) is 28.8 Å². The van der Waals surface area contributed by atoms with Gasteiger partial charge in [-0.3, -0.25) is 0 Å². The summed E-state index contributed by atoms with van der Waals surface area (Å²) < 4.78 is 11.0. The van der Waals surface area contributed by atoms with Gasteiger partial charge in [0.1, 0.15) is 11.4 Å². The lowest BCUT2D eigenvalue weighted by Crippen LogP contribution is -2.42. The highest BCUT2D eigenvalue weighted by molar-refractivity contribution is 5.68. The van der Waals surface area contributed by atoms with Gasteiger partial charge in [-0.2, -0.15) is 0 Å². The van der Waals surface area contributed by atoms with Crippen LogP contribution < -0.4 is 15.4 Å². The van der Waals surface area contributed by atoms with E-state index in [9.17, 15) is 4.79 Å². The van der Waals surface area contributed by atoms with Gasteiger partial charge >= 0.3 is 6.09 Å². The Balaban J connectivity index is 1.44. The van der Waals surface area contributed by atoms with E-state index in [4.69, 9.17) is 9.47 Å². The molecule has 1 aromatic rings. The number of ether oxygens (including phenoxy) is 2. The molecule has 24 heavy (non-hydrogen) atoms. The first-order chi connectivity index (χ1) is 11.4. The molecule has 1 aliphatic heterocycles. The molecule has 5 heteroatoms. The average molecular weight is 332 g/mol. The van der Waals surface area contributed by atoms with Crippen LogP contribution in [-0.4, -0.2) is 30.4 Å². The van der Waals surface area contributed by atoms with Crippen molar-refractivity contribution in [3.8, 4) is 5.75 Å². The minimum Gasteiger partial charge on any atom is -0.493 e. The largest absolute Gasteiger partial charge is 0.493 e. The molecule has 0 atom stereocenters. The predicted molar refractivity (Wildman–Crippen MR) is 94.7 cm³/mol. The lowest BCUT2D eigenvalue weighted by atomic mass is 9.91. The standard InChI is InChI=1S/C19H28N2O3/c1-19(2,3)24-18(22)21-15-8-6-14(7-9-15)20-16-5-4-13-10-11-23-17(13)12-16/h4-5,12,14-15,20H,6-11H2,1-3H3,(H,21,22). The van der Waals surface area contributed by atoms with Crippen LogP contribution in [-0.2, 0) is 11.2 Å². The molecule has 2 N–H and O–H groups in total. The first kappa shape index (κ1) is 16.9. The molecule has 1 aliphatic carbocycles. The SMILES string of the molecule is CC(C)(C)OC(=O)NC1CCC(Nc2ccc3c(c2)OCC3)CC1. The molecule has 1 amide bonds. The molecule has 1 aromatic carbocycles. The Hall–Kier alpha value is -1.91. The Kier molecular flexibility index (Phi) is 4.88. The van der Waals surface area contributed by atoms with Crippen LogP contribution in [0.4, 0.5) is 10.5 Å². The van der Waals surface area contributed by atoms with Crippen LogP contribution in [0.3, 0.4) is 0 Å². The van der Waals surface area contributed by atoms with Crippen molar-refractivity contribution in [2.45, 2.75) is 70.6 Å². The van der Waals surface area contributed by atoms with Crippen LogP contribution in [0.2, 0.25) is 0 Å². The van der Waals surface area contributed by atoms with Gasteiger partial charge in [-0.25, -0.2) is 4.79 Å². The summed E-state index contributed by atoms with van der Waals surface area (Å²) in [6, 6.07) is 7.05. The third-order valence-electron chi connectivity index (χ3n) is 4.51. The zero-order chi connectivity index (χ0) is 17.2. The number of anilines is 1. The van der Waals surface area contributed by atoms with Crippen molar-refractivity contribution >= 4 is 11.8 Å². The quantitative estimate of drug-likeness (QED) is 0.882. The second kappa shape index (κ2) is 6.91. The van der Waals surface area contributed by atoms with Crippen molar-refractivity contribution in [2.24, 2.45) is 0 Å². The highest BCUT2D eigenvalue weighted by atomic mass is 16.6. The number of carbonyl (C=O) groups is 1. The summed E-state index contributed by atoms with van der Waals surface area (Å²) in [5.74, 6) is 1.01. The van der Waals surface area contributed by atoms with Gasteiger partial charge in [0, 0.05) is 30.3 Å². The first-order valence-corrected chi connectivity index (χ1v) is 8.91. The topological polar surface area (TPSA) is 59.6 Å². The van der Waals surface area contributed by atoms with E-state index in [1.54, 1.807) is 0 Å². The molecular weight excluding hydrogens is 304 g/mol. The molecule has 0 aromatic heterocycles. The summed E-state index contributed by atoms with van der Waals surface area (Å²) in [5.41, 5.74) is 1.98. The number of carbonyl (C=O) groups excluding carboxylic acids is 1. The van der Waals surface area contributed by atoms with Crippen LogP contribution >= 0.6 is 0 Å². The fourth-order valence-electron chi connectivity index (χ4n) is 3.35. The molecule has 0 saturated heterocycles. The molecule has 132 valence electrons. The molecule has 1 saturated carbocycles. The maximum absolute atomic E-state index is 11.8. The Morgan fingerprint density at radius 3 is 2.58 bits per heavy atom. The van der Waals surface area contributed by atoms with Crippen molar-refractivity contribution < 1.29 is 14.3 Å². The zero-order valence-electron chi connectivity index (χ0n) is 14.9. The number of hydrogen-bond acceptors (Lipinski definition) is 4. The van der Waals surface area contributed by atoms with E-state index in [1.807, 2.05) is 20.8 Å². The molecule has 5 nitrogen and oxygen atoms in total. The Labute approximate surface area is 144 Å². The van der Waals surface area contributed by atoms with Crippen molar-refractivity contribution in [1.29, 1.82) is 0 Å². The van der Waals surface area contributed by atoms with Gasteiger partial charge in [-0.1, -0.05) is 6.07 Å². The van der Waals surface area contributed by atoms with Gasteiger partial charge in [0.2, 0.25) is 0 Å².